The zero-order valence-corrected chi connectivity index (χ0v) is 11.7. The highest BCUT2D eigenvalue weighted by Gasteiger charge is 2.15. The Bertz CT molecular complexity index is 537. The Labute approximate surface area is 117 Å². The van der Waals surface area contributed by atoms with Gasteiger partial charge in [0.05, 0.1) is 0 Å². The number of hydrogen-bond donors (Lipinski definition) is 2. The van der Waals surface area contributed by atoms with Crippen LogP contribution in [0.3, 0.4) is 0 Å². The van der Waals surface area contributed by atoms with Crippen molar-refractivity contribution in [1.29, 1.82) is 0 Å². The minimum absolute atomic E-state index is 0.115. The van der Waals surface area contributed by atoms with Crippen molar-refractivity contribution in [1.82, 2.24) is 5.32 Å². The van der Waals surface area contributed by atoms with Crippen LogP contribution in [0.25, 0.3) is 0 Å². The first-order chi connectivity index (χ1) is 9.18. The number of rotatable bonds is 5. The second-order valence-electron chi connectivity index (χ2n) is 4.46. The van der Waals surface area contributed by atoms with Crippen LogP contribution in [0.15, 0.2) is 41.8 Å². The number of carbonyl (C=O) groups excluding carboxylic acids is 1. The Balaban J connectivity index is 1.83. The van der Waals surface area contributed by atoms with Crippen LogP contribution >= 0.6 is 11.3 Å². The van der Waals surface area contributed by atoms with E-state index in [9.17, 15) is 4.79 Å². The molecule has 1 aromatic carbocycles. The molecule has 1 aromatic heterocycles. The predicted octanol–water partition coefficient (Wildman–Crippen LogP) is 2.42. The molecule has 3 N–H and O–H groups in total. The Hall–Kier alpha value is -1.65. The van der Waals surface area contributed by atoms with Crippen molar-refractivity contribution in [3.63, 3.8) is 0 Å². The quantitative estimate of drug-likeness (QED) is 0.879. The molecule has 100 valence electrons. The largest absolute Gasteiger partial charge is 0.354 e. The molecular weight excluding hydrogens is 256 g/mol. The monoisotopic (exact) mass is 274 g/mol. The van der Waals surface area contributed by atoms with Gasteiger partial charge in [-0.15, -0.1) is 11.3 Å². The molecule has 3 nitrogen and oxygen atoms in total. The fraction of sp³-hybridized carbons (Fsp3) is 0.267. The zero-order valence-electron chi connectivity index (χ0n) is 10.9. The van der Waals surface area contributed by atoms with Gasteiger partial charge in [0.1, 0.15) is 6.04 Å². The highest BCUT2D eigenvalue weighted by molar-refractivity contribution is 7.10. The molecule has 2 rings (SSSR count). The molecule has 19 heavy (non-hydrogen) atoms. The van der Waals surface area contributed by atoms with Crippen LogP contribution in [-0.2, 0) is 11.2 Å². The van der Waals surface area contributed by atoms with Crippen LogP contribution < -0.4 is 11.1 Å². The molecule has 0 radical (unpaired) electrons. The molecule has 0 aliphatic heterocycles. The van der Waals surface area contributed by atoms with Gasteiger partial charge in [-0.1, -0.05) is 30.3 Å². The van der Waals surface area contributed by atoms with E-state index in [1.54, 1.807) is 0 Å². The average Bonchev–Trinajstić information content (AvgIpc) is 2.94. The summed E-state index contributed by atoms with van der Waals surface area (Å²) in [6.07, 6.45) is 0.829. The fourth-order valence-electron chi connectivity index (χ4n) is 1.92. The summed E-state index contributed by atoms with van der Waals surface area (Å²) in [6, 6.07) is 11.4. The van der Waals surface area contributed by atoms with Crippen molar-refractivity contribution >= 4 is 17.2 Å². The third-order valence-corrected chi connectivity index (χ3v) is 4.04. The van der Waals surface area contributed by atoms with Gasteiger partial charge in [-0.3, -0.25) is 4.79 Å². The van der Waals surface area contributed by atoms with E-state index < -0.39 is 6.04 Å². The van der Waals surface area contributed by atoms with Gasteiger partial charge in [-0.25, -0.2) is 0 Å². The number of aryl methyl sites for hydroxylation is 1. The number of thiophene rings is 1. The van der Waals surface area contributed by atoms with E-state index in [-0.39, 0.29) is 5.91 Å². The molecule has 0 aliphatic carbocycles. The lowest BCUT2D eigenvalue weighted by Crippen LogP contribution is -2.34. The van der Waals surface area contributed by atoms with Crippen LogP contribution in [0.5, 0.6) is 0 Å². The highest BCUT2D eigenvalue weighted by atomic mass is 32.1. The summed E-state index contributed by atoms with van der Waals surface area (Å²) in [5, 5.41) is 4.82. The van der Waals surface area contributed by atoms with E-state index in [4.69, 9.17) is 5.73 Å². The molecule has 0 fully saturated rings. The molecule has 0 spiro atoms. The second-order valence-corrected chi connectivity index (χ2v) is 5.44. The van der Waals surface area contributed by atoms with Gasteiger partial charge >= 0.3 is 0 Å². The molecule has 0 saturated heterocycles. The van der Waals surface area contributed by atoms with Gasteiger partial charge in [-0.2, -0.15) is 0 Å². The molecule has 1 heterocycles. The maximum absolute atomic E-state index is 11.9. The van der Waals surface area contributed by atoms with Crippen LogP contribution in [0.2, 0.25) is 0 Å². The highest BCUT2D eigenvalue weighted by Crippen LogP contribution is 2.16. The van der Waals surface area contributed by atoms with Crippen molar-refractivity contribution in [3.8, 4) is 0 Å². The van der Waals surface area contributed by atoms with Crippen LogP contribution in [0.4, 0.5) is 0 Å². The number of hydrogen-bond acceptors (Lipinski definition) is 3. The zero-order chi connectivity index (χ0) is 13.7. The van der Waals surface area contributed by atoms with Crippen molar-refractivity contribution in [2.24, 2.45) is 5.73 Å². The lowest BCUT2D eigenvalue weighted by Gasteiger charge is -2.11. The summed E-state index contributed by atoms with van der Waals surface area (Å²) in [4.78, 5) is 12.8. The molecule has 1 amide bonds. The summed E-state index contributed by atoms with van der Waals surface area (Å²) in [6.45, 7) is 2.69. The van der Waals surface area contributed by atoms with Gasteiger partial charge in [0.25, 0.3) is 0 Å². The minimum atomic E-state index is -0.558. The summed E-state index contributed by atoms with van der Waals surface area (Å²) in [7, 11) is 0. The SMILES string of the molecule is Cc1ccccc1CCNC(=O)C(N)c1cccs1. The third-order valence-electron chi connectivity index (χ3n) is 3.09. The number of nitrogens with one attached hydrogen (secondary N) is 1. The fourth-order valence-corrected chi connectivity index (χ4v) is 2.64. The maximum atomic E-state index is 11.9. The van der Waals surface area contributed by atoms with Crippen molar-refractivity contribution in [2.45, 2.75) is 19.4 Å². The normalized spacial score (nSPS) is 12.1. The van der Waals surface area contributed by atoms with Gasteiger partial charge in [-0.05, 0) is 35.9 Å². The maximum Gasteiger partial charge on any atom is 0.242 e. The minimum Gasteiger partial charge on any atom is -0.354 e. The summed E-state index contributed by atoms with van der Waals surface area (Å²) in [5.74, 6) is -0.115. The molecule has 2 aromatic rings. The van der Waals surface area contributed by atoms with Crippen molar-refractivity contribution < 1.29 is 4.79 Å². The molecule has 0 bridgehead atoms. The van der Waals surface area contributed by atoms with E-state index in [1.807, 2.05) is 29.6 Å². The number of nitrogens with two attached hydrogens (primary N) is 1. The standard InChI is InChI=1S/C15H18N2OS/c1-11-5-2-3-6-12(11)8-9-17-15(18)14(16)13-7-4-10-19-13/h2-7,10,14H,8-9,16H2,1H3,(H,17,18). The van der Waals surface area contributed by atoms with E-state index in [0.29, 0.717) is 6.54 Å². The molecule has 0 saturated carbocycles. The lowest BCUT2D eigenvalue weighted by atomic mass is 10.1. The van der Waals surface area contributed by atoms with E-state index in [0.717, 1.165) is 11.3 Å². The molecule has 4 heteroatoms. The van der Waals surface area contributed by atoms with Crippen molar-refractivity contribution in [2.75, 3.05) is 6.54 Å². The van der Waals surface area contributed by atoms with Gasteiger partial charge < -0.3 is 11.1 Å². The Kier molecular flexibility index (Phi) is 4.71. The van der Waals surface area contributed by atoms with Crippen molar-refractivity contribution in [3.05, 3.63) is 57.8 Å². The van der Waals surface area contributed by atoms with E-state index in [1.165, 1.54) is 22.5 Å². The van der Waals surface area contributed by atoms with Gasteiger partial charge in [0.15, 0.2) is 0 Å². The summed E-state index contributed by atoms with van der Waals surface area (Å²) >= 11 is 1.51. The smallest absolute Gasteiger partial charge is 0.242 e. The average molecular weight is 274 g/mol. The first-order valence-electron chi connectivity index (χ1n) is 6.29. The lowest BCUT2D eigenvalue weighted by molar-refractivity contribution is -0.122. The molecular formula is C15H18N2OS. The number of benzene rings is 1. The van der Waals surface area contributed by atoms with Crippen LogP contribution in [0.1, 0.15) is 22.0 Å². The van der Waals surface area contributed by atoms with Crippen LogP contribution in [0, 0.1) is 6.92 Å². The molecule has 1 unspecified atom stereocenters. The second kappa shape index (κ2) is 6.50. The van der Waals surface area contributed by atoms with E-state index in [2.05, 4.69) is 24.4 Å². The number of carbonyl (C=O) groups is 1. The summed E-state index contributed by atoms with van der Waals surface area (Å²) < 4.78 is 0. The first-order valence-corrected chi connectivity index (χ1v) is 7.17. The number of amides is 1. The Morgan fingerprint density at radius 3 is 2.79 bits per heavy atom. The van der Waals surface area contributed by atoms with Crippen LogP contribution in [-0.4, -0.2) is 12.5 Å². The van der Waals surface area contributed by atoms with Gasteiger partial charge in [0.2, 0.25) is 5.91 Å². The molecule has 0 aliphatic rings. The Morgan fingerprint density at radius 2 is 2.11 bits per heavy atom. The Morgan fingerprint density at radius 1 is 1.32 bits per heavy atom. The topological polar surface area (TPSA) is 55.1 Å². The molecule has 1 atom stereocenters. The van der Waals surface area contributed by atoms with Gasteiger partial charge in [0, 0.05) is 11.4 Å². The predicted molar refractivity (Wildman–Crippen MR) is 79.1 cm³/mol. The van der Waals surface area contributed by atoms with E-state index >= 15 is 0 Å². The summed E-state index contributed by atoms with van der Waals surface area (Å²) in [5.41, 5.74) is 8.40. The first kappa shape index (κ1) is 13.8. The third kappa shape index (κ3) is 3.66.